The molecule has 15 heavy (non-hydrogen) atoms. The minimum Gasteiger partial charge on any atom is -0.300 e. The average Bonchev–Trinajstić information content (AvgIpc) is 2.64. The minimum atomic E-state index is 0.673. The SMILES string of the molecule is CC(C)N1CCC2(CCC(CCl)CC2)C1. The molecule has 1 aliphatic heterocycles. The number of rotatable bonds is 2. The summed E-state index contributed by atoms with van der Waals surface area (Å²) in [5.74, 6) is 1.69. The van der Waals surface area contributed by atoms with Crippen molar-refractivity contribution in [1.29, 1.82) is 0 Å². The van der Waals surface area contributed by atoms with Crippen molar-refractivity contribution >= 4 is 11.6 Å². The lowest BCUT2D eigenvalue weighted by Crippen LogP contribution is -2.34. The Hall–Kier alpha value is 0.250. The van der Waals surface area contributed by atoms with Gasteiger partial charge in [0.05, 0.1) is 0 Å². The second-order valence-corrected chi connectivity index (χ2v) is 6.22. The number of hydrogen-bond acceptors (Lipinski definition) is 1. The Morgan fingerprint density at radius 1 is 1.27 bits per heavy atom. The molecule has 0 radical (unpaired) electrons. The van der Waals surface area contributed by atoms with Crippen LogP contribution in [0.5, 0.6) is 0 Å². The van der Waals surface area contributed by atoms with Gasteiger partial charge in [-0.3, -0.25) is 0 Å². The Morgan fingerprint density at radius 2 is 1.93 bits per heavy atom. The van der Waals surface area contributed by atoms with Crippen LogP contribution in [-0.2, 0) is 0 Å². The molecule has 1 aliphatic carbocycles. The Labute approximate surface area is 99.2 Å². The lowest BCUT2D eigenvalue weighted by molar-refractivity contribution is 0.148. The maximum atomic E-state index is 5.94. The molecule has 1 heterocycles. The summed E-state index contributed by atoms with van der Waals surface area (Å²) >= 11 is 5.94. The Morgan fingerprint density at radius 3 is 2.40 bits per heavy atom. The van der Waals surface area contributed by atoms with Crippen LogP contribution in [0.25, 0.3) is 0 Å². The van der Waals surface area contributed by atoms with E-state index in [1.807, 2.05) is 0 Å². The van der Waals surface area contributed by atoms with Gasteiger partial charge in [-0.2, -0.15) is 0 Å². The average molecular weight is 230 g/mol. The van der Waals surface area contributed by atoms with Gasteiger partial charge in [0, 0.05) is 18.5 Å². The van der Waals surface area contributed by atoms with Crippen LogP contribution in [-0.4, -0.2) is 29.9 Å². The van der Waals surface area contributed by atoms with E-state index in [0.717, 1.165) is 17.8 Å². The first-order chi connectivity index (χ1) is 7.15. The highest BCUT2D eigenvalue weighted by molar-refractivity contribution is 6.18. The van der Waals surface area contributed by atoms with Crippen molar-refractivity contribution in [2.45, 2.75) is 52.0 Å². The van der Waals surface area contributed by atoms with Gasteiger partial charge in [0.1, 0.15) is 0 Å². The molecule has 2 fully saturated rings. The van der Waals surface area contributed by atoms with Gasteiger partial charge in [-0.05, 0) is 63.8 Å². The summed E-state index contributed by atoms with van der Waals surface area (Å²) in [6, 6.07) is 0.732. The molecule has 1 nitrogen and oxygen atoms in total. The van der Waals surface area contributed by atoms with Crippen LogP contribution in [0, 0.1) is 11.3 Å². The monoisotopic (exact) mass is 229 g/mol. The smallest absolute Gasteiger partial charge is 0.0251 e. The molecule has 0 aromatic rings. The van der Waals surface area contributed by atoms with Crippen LogP contribution >= 0.6 is 11.6 Å². The topological polar surface area (TPSA) is 3.24 Å². The summed E-state index contributed by atoms with van der Waals surface area (Å²) in [5, 5.41) is 0. The quantitative estimate of drug-likeness (QED) is 0.655. The van der Waals surface area contributed by atoms with Crippen molar-refractivity contribution in [1.82, 2.24) is 4.90 Å². The molecular weight excluding hydrogens is 206 g/mol. The third-order valence-corrected chi connectivity index (χ3v) is 5.02. The molecule has 0 atom stereocenters. The number of alkyl halides is 1. The highest BCUT2D eigenvalue weighted by Crippen LogP contribution is 2.46. The van der Waals surface area contributed by atoms with Crippen LogP contribution in [0.2, 0.25) is 0 Å². The molecular formula is C13H24ClN. The fourth-order valence-electron chi connectivity index (χ4n) is 3.26. The fourth-order valence-corrected chi connectivity index (χ4v) is 3.57. The summed E-state index contributed by atoms with van der Waals surface area (Å²) in [7, 11) is 0. The first-order valence-electron chi connectivity index (χ1n) is 6.45. The molecule has 0 aromatic carbocycles. The summed E-state index contributed by atoms with van der Waals surface area (Å²) in [4.78, 5) is 2.65. The molecule has 0 aromatic heterocycles. The molecule has 2 heteroatoms. The highest BCUT2D eigenvalue weighted by atomic mass is 35.5. The third-order valence-electron chi connectivity index (χ3n) is 4.58. The number of nitrogens with zero attached hydrogens (tertiary/aromatic N) is 1. The number of likely N-dealkylation sites (tertiary alicyclic amines) is 1. The van der Waals surface area contributed by atoms with Gasteiger partial charge in [-0.1, -0.05) is 0 Å². The van der Waals surface area contributed by atoms with Gasteiger partial charge < -0.3 is 4.90 Å². The molecule has 1 spiro atoms. The van der Waals surface area contributed by atoms with Crippen molar-refractivity contribution in [3.8, 4) is 0 Å². The lowest BCUT2D eigenvalue weighted by Gasteiger charge is -2.37. The van der Waals surface area contributed by atoms with E-state index >= 15 is 0 Å². The summed E-state index contributed by atoms with van der Waals surface area (Å²) < 4.78 is 0. The third kappa shape index (κ3) is 2.50. The maximum Gasteiger partial charge on any atom is 0.0251 e. The Kier molecular flexibility index (Phi) is 3.62. The summed E-state index contributed by atoms with van der Waals surface area (Å²) in [5.41, 5.74) is 0.673. The zero-order valence-electron chi connectivity index (χ0n) is 10.1. The van der Waals surface area contributed by atoms with Gasteiger partial charge >= 0.3 is 0 Å². The molecule has 0 N–H and O–H groups in total. The van der Waals surface area contributed by atoms with Gasteiger partial charge in [-0.25, -0.2) is 0 Å². The van der Waals surface area contributed by atoms with Gasteiger partial charge in [0.25, 0.3) is 0 Å². The normalized spacial score (nSPS) is 38.0. The van der Waals surface area contributed by atoms with E-state index < -0.39 is 0 Å². The van der Waals surface area contributed by atoms with E-state index in [4.69, 9.17) is 11.6 Å². The largest absolute Gasteiger partial charge is 0.300 e. The minimum absolute atomic E-state index is 0.673. The second-order valence-electron chi connectivity index (χ2n) is 5.91. The standard InChI is InChI=1S/C13H24ClN/c1-11(2)15-8-7-13(10-15)5-3-12(9-14)4-6-13/h11-12H,3-10H2,1-2H3. The number of halogens is 1. The first kappa shape index (κ1) is 11.7. The van der Waals surface area contributed by atoms with Gasteiger partial charge in [0.15, 0.2) is 0 Å². The molecule has 0 amide bonds. The molecule has 0 bridgehead atoms. The maximum absolute atomic E-state index is 5.94. The van der Waals surface area contributed by atoms with Crippen molar-refractivity contribution in [2.24, 2.45) is 11.3 Å². The van der Waals surface area contributed by atoms with E-state index in [1.54, 1.807) is 0 Å². The van der Waals surface area contributed by atoms with E-state index in [9.17, 15) is 0 Å². The highest BCUT2D eigenvalue weighted by Gasteiger charge is 2.41. The Balaban J connectivity index is 1.89. The van der Waals surface area contributed by atoms with Gasteiger partial charge in [-0.15, -0.1) is 11.6 Å². The Bertz CT molecular complexity index is 207. The van der Waals surface area contributed by atoms with Crippen molar-refractivity contribution in [3.63, 3.8) is 0 Å². The van der Waals surface area contributed by atoms with E-state index in [1.165, 1.54) is 45.2 Å². The van der Waals surface area contributed by atoms with Crippen LogP contribution in [0.4, 0.5) is 0 Å². The van der Waals surface area contributed by atoms with E-state index in [2.05, 4.69) is 18.7 Å². The van der Waals surface area contributed by atoms with Crippen molar-refractivity contribution < 1.29 is 0 Å². The van der Waals surface area contributed by atoms with Crippen LogP contribution < -0.4 is 0 Å². The van der Waals surface area contributed by atoms with Crippen molar-refractivity contribution in [2.75, 3.05) is 19.0 Å². The molecule has 2 rings (SSSR count). The summed E-state index contributed by atoms with van der Waals surface area (Å²) in [6.07, 6.45) is 7.02. The molecule has 2 aliphatic rings. The molecule has 88 valence electrons. The second kappa shape index (κ2) is 4.63. The van der Waals surface area contributed by atoms with E-state index in [0.29, 0.717) is 5.41 Å². The van der Waals surface area contributed by atoms with Crippen LogP contribution in [0.1, 0.15) is 46.0 Å². The molecule has 1 saturated carbocycles. The number of hydrogen-bond donors (Lipinski definition) is 0. The zero-order valence-corrected chi connectivity index (χ0v) is 10.9. The zero-order chi connectivity index (χ0) is 10.9. The van der Waals surface area contributed by atoms with Gasteiger partial charge in [0.2, 0.25) is 0 Å². The molecule has 0 unspecified atom stereocenters. The van der Waals surface area contributed by atoms with Crippen LogP contribution in [0.15, 0.2) is 0 Å². The van der Waals surface area contributed by atoms with E-state index in [-0.39, 0.29) is 0 Å². The predicted octanol–water partition coefficient (Wildman–Crippen LogP) is 3.52. The molecule has 1 saturated heterocycles. The van der Waals surface area contributed by atoms with Crippen LogP contribution in [0.3, 0.4) is 0 Å². The predicted molar refractivity (Wildman–Crippen MR) is 66.4 cm³/mol. The first-order valence-corrected chi connectivity index (χ1v) is 6.99. The fraction of sp³-hybridized carbons (Fsp3) is 1.00. The van der Waals surface area contributed by atoms with Crippen molar-refractivity contribution in [3.05, 3.63) is 0 Å². The lowest BCUT2D eigenvalue weighted by atomic mass is 9.70. The summed E-state index contributed by atoms with van der Waals surface area (Å²) in [6.45, 7) is 7.32.